The van der Waals surface area contributed by atoms with Gasteiger partial charge in [-0.25, -0.2) is 0 Å². The number of rotatable bonds is 5. The molecule has 0 amide bonds. The average Bonchev–Trinajstić information content (AvgIpc) is 2.21. The minimum Gasteiger partial charge on any atom is -0.492 e. The van der Waals surface area contributed by atoms with E-state index in [9.17, 15) is 0 Å². The molecule has 0 bridgehead atoms. The van der Waals surface area contributed by atoms with Crippen molar-refractivity contribution < 1.29 is 4.74 Å². The van der Waals surface area contributed by atoms with Crippen molar-refractivity contribution in [3.8, 4) is 5.75 Å². The summed E-state index contributed by atoms with van der Waals surface area (Å²) in [6, 6.07) is 5.27. The molecule has 1 nitrogen and oxygen atoms in total. The largest absolute Gasteiger partial charge is 0.492 e. The van der Waals surface area contributed by atoms with Crippen LogP contribution in [0.3, 0.4) is 0 Å². The van der Waals surface area contributed by atoms with Gasteiger partial charge in [-0.2, -0.15) is 0 Å². The van der Waals surface area contributed by atoms with Crippen LogP contribution < -0.4 is 4.74 Å². The molecule has 0 radical (unpaired) electrons. The summed E-state index contributed by atoms with van der Waals surface area (Å²) in [6.07, 6.45) is 0. The Morgan fingerprint density at radius 3 is 2.50 bits per heavy atom. The average molecular weight is 326 g/mol. The lowest BCUT2D eigenvalue weighted by Crippen LogP contribution is -2.19. The van der Waals surface area contributed by atoms with Gasteiger partial charge in [0.25, 0.3) is 0 Å². The predicted octanol–water partition coefficient (Wildman–Crippen LogP) is 5.04. The van der Waals surface area contributed by atoms with Gasteiger partial charge in [0.1, 0.15) is 5.75 Å². The fraction of sp³-hybridized carbons (Fsp3) is 0.500. The summed E-state index contributed by atoms with van der Waals surface area (Å²) in [6.45, 7) is 5.02. The lowest BCUT2D eigenvalue weighted by molar-refractivity contribution is 0.227. The van der Waals surface area contributed by atoms with Crippen molar-refractivity contribution >= 4 is 39.1 Å². The van der Waals surface area contributed by atoms with Gasteiger partial charge in [0.05, 0.1) is 11.6 Å². The van der Waals surface area contributed by atoms with Crippen LogP contribution in [0, 0.1) is 11.8 Å². The molecule has 4 heteroatoms. The molecule has 0 saturated carbocycles. The zero-order valence-electron chi connectivity index (χ0n) is 9.34. The fourth-order valence-corrected chi connectivity index (χ4v) is 2.60. The first-order valence-electron chi connectivity index (χ1n) is 5.18. The van der Waals surface area contributed by atoms with Crippen LogP contribution in [0.15, 0.2) is 18.2 Å². The van der Waals surface area contributed by atoms with Crippen LogP contribution in [0.4, 0.5) is 0 Å². The summed E-state index contributed by atoms with van der Waals surface area (Å²) in [5.74, 6) is 1.75. The second kappa shape index (κ2) is 6.73. The van der Waals surface area contributed by atoms with E-state index in [1.54, 1.807) is 18.2 Å². The molecule has 0 heterocycles. The Morgan fingerprint density at radius 1 is 1.31 bits per heavy atom. The fourth-order valence-electron chi connectivity index (χ4n) is 1.20. The van der Waals surface area contributed by atoms with Crippen LogP contribution in [0.25, 0.3) is 0 Å². The van der Waals surface area contributed by atoms with E-state index in [2.05, 4.69) is 29.8 Å². The third-order valence-electron chi connectivity index (χ3n) is 2.49. The molecule has 1 aromatic carbocycles. The minimum atomic E-state index is 0.478. The first kappa shape index (κ1) is 14.1. The van der Waals surface area contributed by atoms with E-state index in [1.165, 1.54) is 0 Å². The minimum absolute atomic E-state index is 0.478. The summed E-state index contributed by atoms with van der Waals surface area (Å²) in [7, 11) is 0. The van der Waals surface area contributed by atoms with E-state index in [-0.39, 0.29) is 0 Å². The Hall–Kier alpha value is 0.0800. The molecule has 1 rings (SSSR count). The highest BCUT2D eigenvalue weighted by molar-refractivity contribution is 9.09. The van der Waals surface area contributed by atoms with Crippen molar-refractivity contribution in [2.24, 2.45) is 11.8 Å². The number of benzene rings is 1. The molecule has 0 spiro atoms. The maximum absolute atomic E-state index is 6.01. The molecule has 0 N–H and O–H groups in total. The number of hydrogen-bond donors (Lipinski definition) is 0. The highest BCUT2D eigenvalue weighted by Crippen LogP contribution is 2.28. The lowest BCUT2D eigenvalue weighted by atomic mass is 9.99. The lowest BCUT2D eigenvalue weighted by Gasteiger charge is -2.19. The van der Waals surface area contributed by atoms with Gasteiger partial charge in [0.15, 0.2) is 0 Å². The molecule has 1 aromatic rings. The molecule has 0 aliphatic heterocycles. The third kappa shape index (κ3) is 4.15. The van der Waals surface area contributed by atoms with Crippen molar-refractivity contribution in [2.45, 2.75) is 13.8 Å². The quantitative estimate of drug-likeness (QED) is 0.689. The van der Waals surface area contributed by atoms with Crippen molar-refractivity contribution in [1.29, 1.82) is 0 Å². The van der Waals surface area contributed by atoms with Gasteiger partial charge in [-0.3, -0.25) is 0 Å². The SMILES string of the molecule is CC(C)C(CBr)COc1ccc(Cl)cc1Cl. The summed E-state index contributed by atoms with van der Waals surface area (Å²) >= 11 is 15.3. The first-order valence-corrected chi connectivity index (χ1v) is 7.06. The summed E-state index contributed by atoms with van der Waals surface area (Å²) in [5, 5.41) is 2.11. The van der Waals surface area contributed by atoms with Gasteiger partial charge >= 0.3 is 0 Å². The molecule has 1 unspecified atom stereocenters. The number of alkyl halides is 1. The standard InChI is InChI=1S/C12H15BrCl2O/c1-8(2)9(6-13)7-16-12-4-3-10(14)5-11(12)15/h3-5,8-9H,6-7H2,1-2H3. The molecule has 0 aliphatic rings. The maximum atomic E-state index is 6.01. The highest BCUT2D eigenvalue weighted by atomic mass is 79.9. The molecular formula is C12H15BrCl2O. The normalized spacial score (nSPS) is 12.9. The van der Waals surface area contributed by atoms with Crippen LogP contribution in [0.1, 0.15) is 13.8 Å². The maximum Gasteiger partial charge on any atom is 0.137 e. The van der Waals surface area contributed by atoms with Crippen molar-refractivity contribution in [3.63, 3.8) is 0 Å². The van der Waals surface area contributed by atoms with Gasteiger partial charge in [-0.15, -0.1) is 0 Å². The van der Waals surface area contributed by atoms with E-state index >= 15 is 0 Å². The zero-order valence-corrected chi connectivity index (χ0v) is 12.4. The number of hydrogen-bond acceptors (Lipinski definition) is 1. The Morgan fingerprint density at radius 2 is 2.00 bits per heavy atom. The molecular weight excluding hydrogens is 311 g/mol. The second-order valence-electron chi connectivity index (χ2n) is 4.04. The molecule has 0 fully saturated rings. The molecule has 16 heavy (non-hydrogen) atoms. The van der Waals surface area contributed by atoms with Crippen molar-refractivity contribution in [3.05, 3.63) is 28.2 Å². The van der Waals surface area contributed by atoms with E-state index in [1.807, 2.05) is 0 Å². The molecule has 1 atom stereocenters. The van der Waals surface area contributed by atoms with E-state index in [4.69, 9.17) is 27.9 Å². The van der Waals surface area contributed by atoms with Gasteiger partial charge in [0, 0.05) is 16.3 Å². The second-order valence-corrected chi connectivity index (χ2v) is 5.54. The predicted molar refractivity (Wildman–Crippen MR) is 74.1 cm³/mol. The summed E-state index contributed by atoms with van der Waals surface area (Å²) < 4.78 is 5.69. The van der Waals surface area contributed by atoms with Gasteiger partial charge in [-0.05, 0) is 24.1 Å². The van der Waals surface area contributed by atoms with Crippen LogP contribution >= 0.6 is 39.1 Å². The van der Waals surface area contributed by atoms with Crippen molar-refractivity contribution in [2.75, 3.05) is 11.9 Å². The topological polar surface area (TPSA) is 9.23 Å². The van der Waals surface area contributed by atoms with E-state index in [0.717, 1.165) is 5.33 Å². The van der Waals surface area contributed by atoms with Crippen LogP contribution in [0.2, 0.25) is 10.0 Å². The first-order chi connectivity index (χ1) is 7.54. The zero-order chi connectivity index (χ0) is 12.1. The van der Waals surface area contributed by atoms with Crippen LogP contribution in [-0.2, 0) is 0 Å². The van der Waals surface area contributed by atoms with E-state index in [0.29, 0.717) is 34.2 Å². The van der Waals surface area contributed by atoms with Gasteiger partial charge in [0.2, 0.25) is 0 Å². The van der Waals surface area contributed by atoms with Gasteiger partial charge in [-0.1, -0.05) is 53.0 Å². The van der Waals surface area contributed by atoms with Crippen LogP contribution in [-0.4, -0.2) is 11.9 Å². The molecule has 0 aliphatic carbocycles. The summed E-state index contributed by atoms with van der Waals surface area (Å²) in [5.41, 5.74) is 0. The van der Waals surface area contributed by atoms with Crippen LogP contribution in [0.5, 0.6) is 5.75 Å². The third-order valence-corrected chi connectivity index (χ3v) is 3.85. The Labute approximate surface area is 115 Å². The number of halogens is 3. The van der Waals surface area contributed by atoms with Crippen molar-refractivity contribution in [1.82, 2.24) is 0 Å². The Kier molecular flexibility index (Phi) is 5.95. The highest BCUT2D eigenvalue weighted by Gasteiger charge is 2.13. The van der Waals surface area contributed by atoms with E-state index < -0.39 is 0 Å². The molecule has 90 valence electrons. The Bertz CT molecular complexity index is 342. The smallest absolute Gasteiger partial charge is 0.137 e. The summed E-state index contributed by atoms with van der Waals surface area (Å²) in [4.78, 5) is 0. The van der Waals surface area contributed by atoms with Gasteiger partial charge < -0.3 is 4.74 Å². The number of ether oxygens (including phenoxy) is 1. The monoisotopic (exact) mass is 324 g/mol. The molecule has 0 aromatic heterocycles. The Balaban J connectivity index is 2.60. The molecule has 0 saturated heterocycles.